The Balaban J connectivity index is 2.29. The zero-order chi connectivity index (χ0) is 12.3. The van der Waals surface area contributed by atoms with E-state index in [1.807, 2.05) is 6.20 Å². The topological polar surface area (TPSA) is 25.4 Å². The first-order valence-corrected chi connectivity index (χ1v) is 6.29. The minimum absolute atomic E-state index is 0.234. The van der Waals surface area contributed by atoms with E-state index in [1.165, 1.54) is 11.3 Å². The van der Waals surface area contributed by atoms with E-state index in [9.17, 15) is 0 Å². The molecule has 2 heterocycles. The number of aromatic nitrogens is 1. The molecule has 1 aliphatic heterocycles. The number of hydrogen-bond donors (Lipinski definition) is 0. The summed E-state index contributed by atoms with van der Waals surface area (Å²) in [5.41, 5.74) is 2.84. The van der Waals surface area contributed by atoms with E-state index in [0.717, 1.165) is 32.6 Å². The van der Waals surface area contributed by atoms with Crippen molar-refractivity contribution in [2.75, 3.05) is 27.3 Å². The van der Waals surface area contributed by atoms with Gasteiger partial charge in [0.25, 0.3) is 0 Å². The Morgan fingerprint density at radius 3 is 2.71 bits per heavy atom. The van der Waals surface area contributed by atoms with Crippen LogP contribution in [-0.4, -0.2) is 37.2 Å². The van der Waals surface area contributed by atoms with Crippen LogP contribution >= 0.6 is 0 Å². The van der Waals surface area contributed by atoms with Crippen molar-refractivity contribution in [1.82, 2.24) is 9.88 Å². The van der Waals surface area contributed by atoms with Crippen molar-refractivity contribution < 1.29 is 4.74 Å². The molecule has 0 radical (unpaired) electrons. The third-order valence-electron chi connectivity index (χ3n) is 3.60. The van der Waals surface area contributed by atoms with Crippen LogP contribution in [0.4, 0.5) is 0 Å². The van der Waals surface area contributed by atoms with E-state index in [1.54, 1.807) is 0 Å². The normalized spacial score (nSPS) is 19.5. The standard InChI is InChI=1S/C14H22N2O/c1-14(6-9-17-10-7-14)12-5-4-8-15-13(12)11-16(2)3/h4-5,8H,6-7,9-11H2,1-3H3. The van der Waals surface area contributed by atoms with Gasteiger partial charge < -0.3 is 9.64 Å². The Kier molecular flexibility index (Phi) is 3.79. The van der Waals surface area contributed by atoms with Gasteiger partial charge in [0.15, 0.2) is 0 Å². The first kappa shape index (κ1) is 12.5. The van der Waals surface area contributed by atoms with Gasteiger partial charge in [-0.15, -0.1) is 0 Å². The Morgan fingerprint density at radius 2 is 2.06 bits per heavy atom. The lowest BCUT2D eigenvalue weighted by molar-refractivity contribution is 0.0558. The van der Waals surface area contributed by atoms with Crippen LogP contribution in [0.2, 0.25) is 0 Å². The molecule has 0 bridgehead atoms. The Morgan fingerprint density at radius 1 is 1.35 bits per heavy atom. The van der Waals surface area contributed by atoms with Crippen molar-refractivity contribution in [2.45, 2.75) is 31.7 Å². The van der Waals surface area contributed by atoms with Crippen molar-refractivity contribution in [1.29, 1.82) is 0 Å². The molecular weight excluding hydrogens is 212 g/mol. The summed E-state index contributed by atoms with van der Waals surface area (Å²) in [5, 5.41) is 0. The van der Waals surface area contributed by atoms with E-state index in [2.05, 4.69) is 43.0 Å². The van der Waals surface area contributed by atoms with Gasteiger partial charge in [-0.2, -0.15) is 0 Å². The summed E-state index contributed by atoms with van der Waals surface area (Å²) >= 11 is 0. The minimum atomic E-state index is 0.234. The van der Waals surface area contributed by atoms with Crippen LogP contribution in [0.25, 0.3) is 0 Å². The summed E-state index contributed by atoms with van der Waals surface area (Å²) in [6, 6.07) is 4.28. The summed E-state index contributed by atoms with van der Waals surface area (Å²) < 4.78 is 5.48. The second-order valence-corrected chi connectivity index (χ2v) is 5.41. The Bertz CT molecular complexity index is 370. The number of ether oxygens (including phenoxy) is 1. The molecular formula is C14H22N2O. The fourth-order valence-electron chi connectivity index (χ4n) is 2.50. The summed E-state index contributed by atoms with van der Waals surface area (Å²) in [6.07, 6.45) is 4.09. The van der Waals surface area contributed by atoms with Crippen LogP contribution in [0.3, 0.4) is 0 Å². The van der Waals surface area contributed by atoms with Gasteiger partial charge in [-0.3, -0.25) is 4.98 Å². The smallest absolute Gasteiger partial charge is 0.0581 e. The van der Waals surface area contributed by atoms with E-state index >= 15 is 0 Å². The molecule has 0 N–H and O–H groups in total. The van der Waals surface area contributed by atoms with Crippen LogP contribution in [0.15, 0.2) is 18.3 Å². The number of hydrogen-bond acceptors (Lipinski definition) is 3. The maximum atomic E-state index is 5.48. The summed E-state index contributed by atoms with van der Waals surface area (Å²) in [7, 11) is 4.18. The van der Waals surface area contributed by atoms with Crippen molar-refractivity contribution in [3.05, 3.63) is 29.6 Å². The lowest BCUT2D eigenvalue weighted by Gasteiger charge is -2.35. The first-order valence-electron chi connectivity index (χ1n) is 6.29. The third-order valence-corrected chi connectivity index (χ3v) is 3.60. The van der Waals surface area contributed by atoms with Crippen LogP contribution in [-0.2, 0) is 16.7 Å². The molecule has 0 spiro atoms. The van der Waals surface area contributed by atoms with E-state index in [0.29, 0.717) is 0 Å². The molecule has 94 valence electrons. The molecule has 17 heavy (non-hydrogen) atoms. The lowest BCUT2D eigenvalue weighted by Crippen LogP contribution is -2.32. The number of nitrogens with zero attached hydrogens (tertiary/aromatic N) is 2. The predicted octanol–water partition coefficient (Wildman–Crippen LogP) is 2.21. The second-order valence-electron chi connectivity index (χ2n) is 5.41. The maximum Gasteiger partial charge on any atom is 0.0581 e. The SMILES string of the molecule is CN(C)Cc1ncccc1C1(C)CCOCC1. The predicted molar refractivity (Wildman–Crippen MR) is 69.0 cm³/mol. The van der Waals surface area contributed by atoms with Gasteiger partial charge >= 0.3 is 0 Å². The molecule has 2 rings (SSSR count). The summed E-state index contributed by atoms with van der Waals surface area (Å²) in [4.78, 5) is 6.73. The van der Waals surface area contributed by atoms with E-state index < -0.39 is 0 Å². The number of rotatable bonds is 3. The largest absolute Gasteiger partial charge is 0.381 e. The minimum Gasteiger partial charge on any atom is -0.381 e. The fourth-order valence-corrected chi connectivity index (χ4v) is 2.50. The Hall–Kier alpha value is -0.930. The molecule has 0 aromatic carbocycles. The van der Waals surface area contributed by atoms with E-state index in [-0.39, 0.29) is 5.41 Å². The highest BCUT2D eigenvalue weighted by molar-refractivity contribution is 5.29. The molecule has 1 fully saturated rings. The van der Waals surface area contributed by atoms with Crippen molar-refractivity contribution >= 4 is 0 Å². The van der Waals surface area contributed by atoms with Gasteiger partial charge in [-0.1, -0.05) is 13.0 Å². The average molecular weight is 234 g/mol. The summed E-state index contributed by atoms with van der Waals surface area (Å²) in [6.45, 7) is 4.98. The highest BCUT2D eigenvalue weighted by Crippen LogP contribution is 2.35. The van der Waals surface area contributed by atoms with Gasteiger partial charge in [0.05, 0.1) is 5.69 Å². The van der Waals surface area contributed by atoms with Crippen molar-refractivity contribution in [3.8, 4) is 0 Å². The highest BCUT2D eigenvalue weighted by Gasteiger charge is 2.31. The molecule has 0 saturated carbocycles. The third kappa shape index (κ3) is 2.85. The van der Waals surface area contributed by atoms with Crippen molar-refractivity contribution in [2.24, 2.45) is 0 Å². The molecule has 1 saturated heterocycles. The second kappa shape index (κ2) is 5.15. The van der Waals surface area contributed by atoms with Gasteiger partial charge in [0, 0.05) is 26.0 Å². The van der Waals surface area contributed by atoms with E-state index in [4.69, 9.17) is 4.74 Å². The van der Waals surface area contributed by atoms with Crippen molar-refractivity contribution in [3.63, 3.8) is 0 Å². The molecule has 0 aliphatic carbocycles. The zero-order valence-corrected chi connectivity index (χ0v) is 11.1. The number of pyridine rings is 1. The molecule has 3 nitrogen and oxygen atoms in total. The van der Waals surface area contributed by atoms with Crippen LogP contribution < -0.4 is 0 Å². The van der Waals surface area contributed by atoms with Crippen LogP contribution in [0.5, 0.6) is 0 Å². The first-order chi connectivity index (χ1) is 8.12. The van der Waals surface area contributed by atoms with Crippen LogP contribution in [0.1, 0.15) is 31.0 Å². The van der Waals surface area contributed by atoms with Gasteiger partial charge in [-0.25, -0.2) is 0 Å². The molecule has 0 unspecified atom stereocenters. The fraction of sp³-hybridized carbons (Fsp3) is 0.643. The molecule has 0 amide bonds. The summed E-state index contributed by atoms with van der Waals surface area (Å²) in [5.74, 6) is 0. The monoisotopic (exact) mass is 234 g/mol. The average Bonchev–Trinajstić information content (AvgIpc) is 2.30. The van der Waals surface area contributed by atoms with Gasteiger partial charge in [0.1, 0.15) is 0 Å². The highest BCUT2D eigenvalue weighted by atomic mass is 16.5. The van der Waals surface area contributed by atoms with Gasteiger partial charge in [0.2, 0.25) is 0 Å². The van der Waals surface area contributed by atoms with Gasteiger partial charge in [-0.05, 0) is 44.0 Å². The molecule has 0 atom stereocenters. The molecule has 1 aromatic rings. The zero-order valence-electron chi connectivity index (χ0n) is 11.1. The molecule has 1 aliphatic rings. The maximum absolute atomic E-state index is 5.48. The lowest BCUT2D eigenvalue weighted by atomic mass is 9.75. The molecule has 3 heteroatoms. The van der Waals surface area contributed by atoms with Crippen LogP contribution in [0, 0.1) is 0 Å². The Labute approximate surface area is 104 Å². The molecule has 1 aromatic heterocycles. The quantitative estimate of drug-likeness (QED) is 0.802.